The predicted molar refractivity (Wildman–Crippen MR) is 117 cm³/mol. The molecule has 2 aromatic rings. The van der Waals surface area contributed by atoms with Gasteiger partial charge >= 0.3 is 5.69 Å². The van der Waals surface area contributed by atoms with Crippen LogP contribution in [0.1, 0.15) is 23.2 Å². The smallest absolute Gasteiger partial charge is 0.349 e. The minimum Gasteiger partial charge on any atom is -0.396 e. The molecule has 0 radical (unpaired) electrons. The summed E-state index contributed by atoms with van der Waals surface area (Å²) < 4.78 is 1.19. The summed E-state index contributed by atoms with van der Waals surface area (Å²) in [6.07, 6.45) is 1.12. The van der Waals surface area contributed by atoms with Crippen LogP contribution in [-0.4, -0.2) is 39.0 Å². The molecule has 0 bridgehead atoms. The first-order valence-electron chi connectivity index (χ1n) is 8.37. The lowest BCUT2D eigenvalue weighted by Gasteiger charge is -2.19. The topological polar surface area (TPSA) is 127 Å². The van der Waals surface area contributed by atoms with Gasteiger partial charge in [0.15, 0.2) is 5.78 Å². The average Bonchev–Trinajstić information content (AvgIpc) is 2.70. The summed E-state index contributed by atoms with van der Waals surface area (Å²) in [7, 11) is 0. The quantitative estimate of drug-likeness (QED) is 0.281. The number of Topliss-reactive ketones (excluding diaryl/α,β-unsaturated/α-hetero) is 1. The Kier molecular flexibility index (Phi) is 8.78. The molecule has 8 nitrogen and oxygen atoms in total. The van der Waals surface area contributed by atoms with Crippen molar-refractivity contribution >= 4 is 75.5 Å². The van der Waals surface area contributed by atoms with Gasteiger partial charge < -0.3 is 16.2 Å². The fourth-order valence-corrected chi connectivity index (χ4v) is 3.82. The number of anilines is 1. The number of amides is 1. The highest BCUT2D eigenvalue weighted by Gasteiger charge is 2.29. The largest absolute Gasteiger partial charge is 0.396 e. The van der Waals surface area contributed by atoms with E-state index < -0.39 is 30.0 Å². The Balaban J connectivity index is 2.20. The fourth-order valence-electron chi connectivity index (χ4n) is 2.49. The molecule has 0 aliphatic carbocycles. The third-order valence-electron chi connectivity index (χ3n) is 4.00. The average molecular weight is 517 g/mol. The number of hydrogen-bond acceptors (Lipinski definition) is 6. The van der Waals surface area contributed by atoms with Gasteiger partial charge in [-0.25, -0.2) is 4.79 Å². The summed E-state index contributed by atoms with van der Waals surface area (Å²) in [5.41, 5.74) is 4.57. The maximum absolute atomic E-state index is 13.0. The van der Waals surface area contributed by atoms with E-state index in [1.807, 2.05) is 0 Å². The number of rotatable bonds is 8. The number of nitrogens with two attached hydrogens (primary N) is 1. The fraction of sp³-hybridized carbons (Fsp3) is 0.294. The molecule has 1 aromatic carbocycles. The van der Waals surface area contributed by atoms with E-state index in [-0.39, 0.29) is 55.9 Å². The number of ketones is 1. The number of carbonyl (C=O) groups excluding carboxylic acids is 2. The van der Waals surface area contributed by atoms with Gasteiger partial charge in [-0.3, -0.25) is 14.2 Å². The summed E-state index contributed by atoms with van der Waals surface area (Å²) in [6.45, 7) is -0.416. The second kappa shape index (κ2) is 10.7. The van der Waals surface area contributed by atoms with E-state index in [4.69, 9.17) is 63.7 Å². The lowest BCUT2D eigenvalue weighted by Crippen LogP contribution is -2.42. The Morgan fingerprint density at radius 2 is 1.67 bits per heavy atom. The first kappa shape index (κ1) is 24.7. The van der Waals surface area contributed by atoms with Gasteiger partial charge in [0.2, 0.25) is 5.91 Å². The molecule has 1 atom stereocenters. The van der Waals surface area contributed by atoms with Gasteiger partial charge in [0, 0.05) is 25.8 Å². The number of nitrogens with one attached hydrogen (secondary N) is 1. The van der Waals surface area contributed by atoms with E-state index in [1.165, 1.54) is 16.8 Å². The molecule has 13 heteroatoms. The van der Waals surface area contributed by atoms with Crippen LogP contribution in [-0.2, 0) is 11.3 Å². The zero-order valence-corrected chi connectivity index (χ0v) is 18.9. The number of nitrogen functional groups attached to an aromatic ring is 1. The van der Waals surface area contributed by atoms with Crippen LogP contribution >= 0.6 is 58.0 Å². The van der Waals surface area contributed by atoms with Crippen molar-refractivity contribution in [3.05, 3.63) is 53.4 Å². The molecule has 2 rings (SSSR count). The molecular formula is C17H15Cl5N4O4. The highest BCUT2D eigenvalue weighted by atomic mass is 35.5. The van der Waals surface area contributed by atoms with Gasteiger partial charge in [0.25, 0.3) is 0 Å². The predicted octanol–water partition coefficient (Wildman–Crippen LogP) is 3.23. The summed E-state index contributed by atoms with van der Waals surface area (Å²) in [4.78, 5) is 40.6. The second-order valence-corrected chi connectivity index (χ2v) is 7.91. The number of aliphatic hydroxyl groups is 1. The van der Waals surface area contributed by atoms with Crippen molar-refractivity contribution in [3.63, 3.8) is 0 Å². The second-order valence-electron chi connectivity index (χ2n) is 6.02. The Morgan fingerprint density at radius 3 is 2.20 bits per heavy atom. The van der Waals surface area contributed by atoms with Gasteiger partial charge in [0.05, 0.1) is 36.7 Å². The molecule has 1 amide bonds. The van der Waals surface area contributed by atoms with Crippen LogP contribution in [0.2, 0.25) is 25.1 Å². The van der Waals surface area contributed by atoms with Crippen LogP contribution in [0.15, 0.2) is 17.1 Å². The van der Waals surface area contributed by atoms with Crippen molar-refractivity contribution in [2.24, 2.45) is 0 Å². The van der Waals surface area contributed by atoms with E-state index >= 15 is 0 Å². The van der Waals surface area contributed by atoms with Gasteiger partial charge in [-0.2, -0.15) is 4.98 Å². The maximum atomic E-state index is 13.0. The molecule has 1 unspecified atom stereocenters. The van der Waals surface area contributed by atoms with E-state index in [2.05, 4.69) is 10.3 Å². The highest BCUT2D eigenvalue weighted by molar-refractivity contribution is 6.56. The van der Waals surface area contributed by atoms with Crippen LogP contribution in [0.3, 0.4) is 0 Å². The number of halogens is 5. The minimum absolute atomic E-state index is 0.00189. The van der Waals surface area contributed by atoms with Gasteiger partial charge in [0.1, 0.15) is 5.82 Å². The van der Waals surface area contributed by atoms with Crippen molar-refractivity contribution in [2.75, 3.05) is 12.3 Å². The van der Waals surface area contributed by atoms with Crippen molar-refractivity contribution in [1.82, 2.24) is 14.9 Å². The molecule has 162 valence electrons. The molecule has 0 aliphatic heterocycles. The summed E-state index contributed by atoms with van der Waals surface area (Å²) in [5, 5.41) is 10.9. The molecule has 1 aromatic heterocycles. The monoisotopic (exact) mass is 514 g/mol. The summed E-state index contributed by atoms with van der Waals surface area (Å²) in [6, 6.07) is 0.238. The molecule has 0 fully saturated rings. The molecule has 0 spiro atoms. The van der Waals surface area contributed by atoms with Crippen LogP contribution < -0.4 is 16.7 Å². The Morgan fingerprint density at radius 1 is 1.10 bits per heavy atom. The molecule has 0 saturated heterocycles. The number of aliphatic hydroxyl groups excluding tert-OH is 1. The van der Waals surface area contributed by atoms with Crippen LogP contribution in [0.5, 0.6) is 0 Å². The summed E-state index contributed by atoms with van der Waals surface area (Å²) >= 11 is 30.1. The number of aromatic nitrogens is 2. The zero-order valence-electron chi connectivity index (χ0n) is 15.1. The molecule has 30 heavy (non-hydrogen) atoms. The van der Waals surface area contributed by atoms with E-state index in [0.717, 1.165) is 0 Å². The highest BCUT2D eigenvalue weighted by Crippen LogP contribution is 2.44. The number of nitrogens with zero attached hydrogens (tertiary/aromatic N) is 2. The number of aryl methyl sites for hydroxylation is 1. The Hall–Kier alpha value is -1.55. The van der Waals surface area contributed by atoms with Crippen LogP contribution in [0.25, 0.3) is 0 Å². The van der Waals surface area contributed by atoms with Crippen molar-refractivity contribution in [2.45, 2.75) is 25.4 Å². The lowest BCUT2D eigenvalue weighted by atomic mass is 10.0. The van der Waals surface area contributed by atoms with E-state index in [9.17, 15) is 19.5 Å². The van der Waals surface area contributed by atoms with Gasteiger partial charge in [-0.05, 0) is 12.5 Å². The Bertz CT molecular complexity index is 1010. The summed E-state index contributed by atoms with van der Waals surface area (Å²) in [5.74, 6) is -1.22. The minimum atomic E-state index is -1.17. The van der Waals surface area contributed by atoms with Crippen LogP contribution in [0.4, 0.5) is 5.82 Å². The van der Waals surface area contributed by atoms with E-state index in [1.54, 1.807) is 0 Å². The number of hydrogen-bond donors (Lipinski definition) is 3. The zero-order chi connectivity index (χ0) is 22.6. The molecule has 0 saturated carbocycles. The van der Waals surface area contributed by atoms with Crippen molar-refractivity contribution in [3.8, 4) is 0 Å². The number of benzene rings is 1. The lowest BCUT2D eigenvalue weighted by molar-refractivity contribution is -0.121. The number of carbonyl (C=O) groups is 2. The molecular weight excluding hydrogens is 501 g/mol. The molecule has 1 heterocycles. The SMILES string of the molecule is Nc1ccn(CCC(=O)NC(CCO)C(=O)c2c(Cl)c(Cl)c(Cl)c(Cl)c2Cl)c(=O)n1. The van der Waals surface area contributed by atoms with Gasteiger partial charge in [-0.1, -0.05) is 58.0 Å². The molecule has 0 aliphatic rings. The third kappa shape index (κ3) is 5.57. The van der Waals surface area contributed by atoms with Gasteiger partial charge in [-0.15, -0.1) is 0 Å². The third-order valence-corrected chi connectivity index (χ3v) is 6.28. The normalized spacial score (nSPS) is 11.9. The first-order chi connectivity index (χ1) is 14.1. The van der Waals surface area contributed by atoms with Crippen LogP contribution in [0, 0.1) is 0 Å². The van der Waals surface area contributed by atoms with E-state index in [0.29, 0.717) is 0 Å². The van der Waals surface area contributed by atoms with Crippen molar-refractivity contribution < 1.29 is 14.7 Å². The molecule has 4 N–H and O–H groups in total. The first-order valence-corrected chi connectivity index (χ1v) is 10.3. The maximum Gasteiger partial charge on any atom is 0.349 e. The standard InChI is InChI=1S/C17H15Cl5N4O4/c18-11-10(12(19)14(21)15(22)13(11)20)16(29)7(3-6-27)24-9(28)2-5-26-4-1-8(23)25-17(26)30/h1,4,7,27H,2-3,5-6H2,(H,24,28)(H2,23,25,30). The van der Waals surface area contributed by atoms with Crippen molar-refractivity contribution in [1.29, 1.82) is 0 Å². The Labute approximate surface area is 195 Å².